The summed E-state index contributed by atoms with van der Waals surface area (Å²) in [6.07, 6.45) is 1.30. The van der Waals surface area contributed by atoms with E-state index in [-0.39, 0.29) is 5.76 Å². The molecule has 8 nitrogen and oxygen atoms in total. The van der Waals surface area contributed by atoms with Crippen LogP contribution >= 0.6 is 0 Å². The van der Waals surface area contributed by atoms with Crippen molar-refractivity contribution in [1.82, 2.24) is 0 Å². The van der Waals surface area contributed by atoms with E-state index in [0.717, 1.165) is 14.2 Å². The standard InChI is InChI=1S/C11H13NO7/c1-17-10(13)9(11(14)18-2)7(6-12(15)16)8-4-3-5-19-8/h3-5,7,9H,6H2,1-2H3/t7-/m0/s1. The maximum Gasteiger partial charge on any atom is 0.321 e. The Balaban J connectivity index is 3.13. The number of nitrogens with zero attached hydrogens (tertiary/aromatic N) is 1. The first-order chi connectivity index (χ1) is 9.01. The van der Waals surface area contributed by atoms with Crippen LogP contribution in [0.1, 0.15) is 11.7 Å². The zero-order valence-corrected chi connectivity index (χ0v) is 10.4. The van der Waals surface area contributed by atoms with E-state index in [2.05, 4.69) is 9.47 Å². The van der Waals surface area contributed by atoms with Gasteiger partial charge in [-0.1, -0.05) is 0 Å². The predicted molar refractivity (Wildman–Crippen MR) is 60.8 cm³/mol. The Labute approximate surface area is 108 Å². The lowest BCUT2D eigenvalue weighted by atomic mass is 9.90. The van der Waals surface area contributed by atoms with Gasteiger partial charge in [-0.2, -0.15) is 0 Å². The van der Waals surface area contributed by atoms with Crippen molar-refractivity contribution < 1.29 is 28.4 Å². The van der Waals surface area contributed by atoms with Crippen molar-refractivity contribution in [2.24, 2.45) is 5.92 Å². The van der Waals surface area contributed by atoms with Gasteiger partial charge in [-0.3, -0.25) is 19.7 Å². The molecule has 104 valence electrons. The van der Waals surface area contributed by atoms with Gasteiger partial charge in [0.2, 0.25) is 6.54 Å². The summed E-state index contributed by atoms with van der Waals surface area (Å²) in [4.78, 5) is 33.3. The quantitative estimate of drug-likeness (QED) is 0.322. The first-order valence-corrected chi connectivity index (χ1v) is 5.32. The number of nitro groups is 1. The molecule has 0 aliphatic rings. The summed E-state index contributed by atoms with van der Waals surface area (Å²) in [5.74, 6) is -4.18. The van der Waals surface area contributed by atoms with Gasteiger partial charge in [-0.25, -0.2) is 0 Å². The molecule has 0 fully saturated rings. The molecule has 0 amide bonds. The Morgan fingerprint density at radius 2 is 1.95 bits per heavy atom. The van der Waals surface area contributed by atoms with E-state index < -0.39 is 35.2 Å². The van der Waals surface area contributed by atoms with Crippen LogP contribution < -0.4 is 0 Å². The lowest BCUT2D eigenvalue weighted by molar-refractivity contribution is -0.484. The van der Waals surface area contributed by atoms with Crippen molar-refractivity contribution in [1.29, 1.82) is 0 Å². The van der Waals surface area contributed by atoms with Gasteiger partial charge in [0.15, 0.2) is 5.92 Å². The number of hydrogen-bond donors (Lipinski definition) is 0. The van der Waals surface area contributed by atoms with Crippen molar-refractivity contribution in [3.63, 3.8) is 0 Å². The maximum atomic E-state index is 11.6. The Morgan fingerprint density at radius 1 is 1.37 bits per heavy atom. The van der Waals surface area contributed by atoms with Crippen molar-refractivity contribution in [2.75, 3.05) is 20.8 Å². The SMILES string of the molecule is COC(=O)C(C(=O)OC)[C@@H](C[N+](=O)[O-])c1ccco1. The number of rotatable bonds is 6. The van der Waals surface area contributed by atoms with E-state index >= 15 is 0 Å². The summed E-state index contributed by atoms with van der Waals surface area (Å²) in [6, 6.07) is 2.96. The summed E-state index contributed by atoms with van der Waals surface area (Å²) in [6.45, 7) is -0.650. The van der Waals surface area contributed by atoms with E-state index in [1.165, 1.54) is 18.4 Å². The van der Waals surface area contributed by atoms with Crippen LogP contribution in [0.2, 0.25) is 0 Å². The van der Waals surface area contributed by atoms with Gasteiger partial charge in [-0.15, -0.1) is 0 Å². The number of methoxy groups -OCH3 is 2. The molecule has 0 spiro atoms. The van der Waals surface area contributed by atoms with Gasteiger partial charge in [0, 0.05) is 4.92 Å². The van der Waals surface area contributed by atoms with Crippen LogP contribution in [0.15, 0.2) is 22.8 Å². The lowest BCUT2D eigenvalue weighted by Crippen LogP contribution is -2.35. The Bertz CT molecular complexity index is 438. The van der Waals surface area contributed by atoms with Crippen LogP contribution in [0.25, 0.3) is 0 Å². The van der Waals surface area contributed by atoms with E-state index in [1.807, 2.05) is 0 Å². The lowest BCUT2D eigenvalue weighted by Gasteiger charge is -2.18. The summed E-state index contributed by atoms with van der Waals surface area (Å²) >= 11 is 0. The second-order valence-electron chi connectivity index (χ2n) is 3.66. The number of furan rings is 1. The van der Waals surface area contributed by atoms with Crippen molar-refractivity contribution in [3.05, 3.63) is 34.3 Å². The smallest absolute Gasteiger partial charge is 0.321 e. The zero-order valence-electron chi connectivity index (χ0n) is 10.4. The third-order valence-corrected chi connectivity index (χ3v) is 2.57. The molecular formula is C11H13NO7. The maximum absolute atomic E-state index is 11.6. The van der Waals surface area contributed by atoms with E-state index in [1.54, 1.807) is 0 Å². The molecule has 1 atom stereocenters. The molecule has 0 aromatic carbocycles. The van der Waals surface area contributed by atoms with E-state index in [4.69, 9.17) is 4.42 Å². The van der Waals surface area contributed by atoms with Gasteiger partial charge in [0.25, 0.3) is 0 Å². The van der Waals surface area contributed by atoms with E-state index in [0.29, 0.717) is 0 Å². The van der Waals surface area contributed by atoms with Crippen LogP contribution in [-0.4, -0.2) is 37.6 Å². The molecule has 1 heterocycles. The van der Waals surface area contributed by atoms with Crippen LogP contribution in [0, 0.1) is 16.0 Å². The Hall–Kier alpha value is -2.38. The van der Waals surface area contributed by atoms with Crippen molar-refractivity contribution in [2.45, 2.75) is 5.92 Å². The summed E-state index contributed by atoms with van der Waals surface area (Å²) in [5.41, 5.74) is 0. The van der Waals surface area contributed by atoms with Crippen molar-refractivity contribution in [3.8, 4) is 0 Å². The molecule has 0 aliphatic heterocycles. The highest BCUT2D eigenvalue weighted by atomic mass is 16.6. The van der Waals surface area contributed by atoms with Gasteiger partial charge in [0.05, 0.1) is 20.5 Å². The minimum absolute atomic E-state index is 0.150. The molecule has 8 heteroatoms. The third kappa shape index (κ3) is 3.54. The van der Waals surface area contributed by atoms with Gasteiger partial charge < -0.3 is 13.9 Å². The zero-order chi connectivity index (χ0) is 14.4. The van der Waals surface area contributed by atoms with Crippen LogP contribution in [0.5, 0.6) is 0 Å². The van der Waals surface area contributed by atoms with E-state index in [9.17, 15) is 19.7 Å². The largest absolute Gasteiger partial charge is 0.469 e. The van der Waals surface area contributed by atoms with Crippen LogP contribution in [-0.2, 0) is 19.1 Å². The highest BCUT2D eigenvalue weighted by Crippen LogP contribution is 2.27. The third-order valence-electron chi connectivity index (χ3n) is 2.57. The molecule has 0 unspecified atom stereocenters. The minimum atomic E-state index is -1.44. The molecule has 0 saturated carbocycles. The van der Waals surface area contributed by atoms with Crippen LogP contribution in [0.4, 0.5) is 0 Å². The number of carbonyl (C=O) groups excluding carboxylic acids is 2. The second kappa shape index (κ2) is 6.53. The molecule has 0 N–H and O–H groups in total. The van der Waals surface area contributed by atoms with Gasteiger partial charge in [-0.05, 0) is 12.1 Å². The van der Waals surface area contributed by atoms with Gasteiger partial charge >= 0.3 is 11.9 Å². The average Bonchev–Trinajstić information content (AvgIpc) is 2.90. The fourth-order valence-electron chi connectivity index (χ4n) is 1.70. The molecule has 19 heavy (non-hydrogen) atoms. The highest BCUT2D eigenvalue weighted by Gasteiger charge is 2.42. The summed E-state index contributed by atoms with van der Waals surface area (Å²) in [7, 11) is 2.17. The molecule has 1 aromatic heterocycles. The topological polar surface area (TPSA) is 109 Å². The highest BCUT2D eigenvalue weighted by molar-refractivity contribution is 5.95. The number of ether oxygens (including phenoxy) is 2. The first-order valence-electron chi connectivity index (χ1n) is 5.32. The average molecular weight is 271 g/mol. The minimum Gasteiger partial charge on any atom is -0.469 e. The monoisotopic (exact) mass is 271 g/mol. The number of carbonyl (C=O) groups is 2. The Kier molecular flexibility index (Phi) is 5.04. The Morgan fingerprint density at radius 3 is 2.32 bits per heavy atom. The molecule has 0 aliphatic carbocycles. The molecule has 0 saturated heterocycles. The summed E-state index contributed by atoms with van der Waals surface area (Å²) < 4.78 is 14.0. The molecule has 1 rings (SSSR count). The molecule has 0 bridgehead atoms. The summed E-state index contributed by atoms with van der Waals surface area (Å²) in [5, 5.41) is 10.7. The second-order valence-corrected chi connectivity index (χ2v) is 3.66. The number of esters is 2. The normalized spacial score (nSPS) is 11.9. The van der Waals surface area contributed by atoms with Gasteiger partial charge in [0.1, 0.15) is 11.7 Å². The fourth-order valence-corrected chi connectivity index (χ4v) is 1.70. The fraction of sp³-hybridized carbons (Fsp3) is 0.455. The number of hydrogen-bond acceptors (Lipinski definition) is 7. The first kappa shape index (κ1) is 14.7. The molecular weight excluding hydrogens is 258 g/mol. The predicted octanol–water partition coefficient (Wildman–Crippen LogP) is 0.602. The van der Waals surface area contributed by atoms with Crippen LogP contribution in [0.3, 0.4) is 0 Å². The molecule has 1 aromatic rings. The van der Waals surface area contributed by atoms with Crippen molar-refractivity contribution >= 4 is 11.9 Å². The molecule has 0 radical (unpaired) electrons.